The molecule has 11 heteroatoms. The quantitative estimate of drug-likeness (QED) is 0.370. The second-order valence-corrected chi connectivity index (χ2v) is 13.3. The van der Waals surface area contributed by atoms with Crippen LogP contribution in [0.4, 0.5) is 0 Å². The SMILES string of the molecule is C=C(CN[C@@H](C)CC1(c2nn[nH]n2)c2ccc(C(=O)N(C)C)cc2CCc2cc(C(=O)N(C)C)ccc21)N1C(C#N)C[C@H](C)C1C. The van der Waals surface area contributed by atoms with E-state index in [1.54, 1.807) is 38.0 Å². The highest BCUT2D eigenvalue weighted by molar-refractivity contribution is 5.95. The number of amides is 2. The fraction of sp³-hybridized carbons (Fsp3) is 0.486. The lowest BCUT2D eigenvalue weighted by Crippen LogP contribution is -2.43. The third-order valence-corrected chi connectivity index (χ3v) is 9.80. The lowest BCUT2D eigenvalue weighted by Gasteiger charge is -2.37. The maximum atomic E-state index is 13.0. The molecule has 1 fully saturated rings. The molecule has 242 valence electrons. The molecular weight excluding hydrogens is 578 g/mol. The number of hydrogen-bond acceptors (Lipinski definition) is 8. The van der Waals surface area contributed by atoms with Gasteiger partial charge < -0.3 is 20.0 Å². The summed E-state index contributed by atoms with van der Waals surface area (Å²) in [5, 5.41) is 29.3. The predicted octanol–water partition coefficient (Wildman–Crippen LogP) is 3.54. The molecule has 5 rings (SSSR count). The van der Waals surface area contributed by atoms with Crippen molar-refractivity contribution in [3.05, 3.63) is 87.9 Å². The number of rotatable bonds is 9. The van der Waals surface area contributed by atoms with E-state index in [4.69, 9.17) is 0 Å². The van der Waals surface area contributed by atoms with Gasteiger partial charge in [0.05, 0.1) is 11.5 Å². The van der Waals surface area contributed by atoms with Crippen LogP contribution in [0.3, 0.4) is 0 Å². The van der Waals surface area contributed by atoms with E-state index in [1.165, 1.54) is 0 Å². The number of hydrogen-bond donors (Lipinski definition) is 2. The first-order chi connectivity index (χ1) is 21.9. The topological polar surface area (TPSA) is 134 Å². The third-order valence-electron chi connectivity index (χ3n) is 9.80. The highest BCUT2D eigenvalue weighted by Gasteiger charge is 2.46. The van der Waals surface area contributed by atoms with Gasteiger partial charge in [0, 0.05) is 63.6 Å². The van der Waals surface area contributed by atoms with Gasteiger partial charge >= 0.3 is 0 Å². The molecule has 2 N–H and O–H groups in total. The van der Waals surface area contributed by atoms with Crippen molar-refractivity contribution in [2.75, 3.05) is 34.7 Å². The van der Waals surface area contributed by atoms with Crippen molar-refractivity contribution in [1.82, 2.24) is 40.6 Å². The molecule has 2 heterocycles. The molecule has 2 amide bonds. The van der Waals surface area contributed by atoms with E-state index in [9.17, 15) is 14.9 Å². The molecule has 2 unspecified atom stereocenters. The van der Waals surface area contributed by atoms with Crippen LogP contribution in [-0.4, -0.2) is 100.0 Å². The number of likely N-dealkylation sites (tertiary alicyclic amines) is 1. The van der Waals surface area contributed by atoms with Crippen LogP contribution in [0.5, 0.6) is 0 Å². The second kappa shape index (κ2) is 13.0. The van der Waals surface area contributed by atoms with Gasteiger partial charge in [-0.1, -0.05) is 30.8 Å². The minimum absolute atomic E-state index is 0.0592. The molecule has 1 aliphatic carbocycles. The fourth-order valence-corrected chi connectivity index (χ4v) is 7.28. The normalized spacial score (nSPS) is 20.6. The van der Waals surface area contributed by atoms with Gasteiger partial charge in [-0.2, -0.15) is 10.5 Å². The summed E-state index contributed by atoms with van der Waals surface area (Å²) in [4.78, 5) is 31.4. The lowest BCUT2D eigenvalue weighted by molar-refractivity contribution is 0.0820. The van der Waals surface area contributed by atoms with E-state index in [1.807, 2.05) is 36.4 Å². The Morgan fingerprint density at radius 2 is 1.63 bits per heavy atom. The summed E-state index contributed by atoms with van der Waals surface area (Å²) < 4.78 is 0. The monoisotopic (exact) mass is 623 g/mol. The Bertz CT molecular complexity index is 1590. The average Bonchev–Trinajstić information content (AvgIpc) is 3.65. The minimum Gasteiger partial charge on any atom is -0.355 e. The number of fused-ring (bicyclic) bond motifs is 2. The zero-order valence-corrected chi connectivity index (χ0v) is 28.0. The number of aromatic amines is 1. The Hall–Kier alpha value is -4.56. The molecule has 46 heavy (non-hydrogen) atoms. The first-order valence-corrected chi connectivity index (χ1v) is 15.9. The number of benzene rings is 2. The highest BCUT2D eigenvalue weighted by Crippen LogP contribution is 2.47. The summed E-state index contributed by atoms with van der Waals surface area (Å²) in [6.45, 7) is 11.4. The largest absolute Gasteiger partial charge is 0.355 e. The van der Waals surface area contributed by atoms with Crippen molar-refractivity contribution in [3.63, 3.8) is 0 Å². The zero-order valence-electron chi connectivity index (χ0n) is 28.0. The van der Waals surface area contributed by atoms with Gasteiger partial charge in [0.1, 0.15) is 6.04 Å². The fourth-order valence-electron chi connectivity index (χ4n) is 7.28. The van der Waals surface area contributed by atoms with Crippen LogP contribution in [0.2, 0.25) is 0 Å². The van der Waals surface area contributed by atoms with Crippen molar-refractivity contribution in [3.8, 4) is 6.07 Å². The molecule has 2 aromatic carbocycles. The summed E-state index contributed by atoms with van der Waals surface area (Å²) in [7, 11) is 7.00. The van der Waals surface area contributed by atoms with Gasteiger partial charge in [-0.05, 0) is 92.0 Å². The number of nitrogens with one attached hydrogen (secondary N) is 2. The van der Waals surface area contributed by atoms with Crippen molar-refractivity contribution in [1.29, 1.82) is 5.26 Å². The maximum Gasteiger partial charge on any atom is 0.253 e. The summed E-state index contributed by atoms with van der Waals surface area (Å²) >= 11 is 0. The van der Waals surface area contributed by atoms with Gasteiger partial charge in [0.2, 0.25) is 0 Å². The molecule has 1 saturated heterocycles. The Kier molecular flexibility index (Phi) is 9.31. The number of aromatic nitrogens is 4. The van der Waals surface area contributed by atoms with E-state index in [0.29, 0.717) is 48.7 Å². The van der Waals surface area contributed by atoms with Crippen molar-refractivity contribution in [2.24, 2.45) is 5.92 Å². The van der Waals surface area contributed by atoms with Crippen molar-refractivity contribution in [2.45, 2.75) is 70.0 Å². The number of nitriles is 1. The molecule has 1 aromatic heterocycles. The molecule has 0 radical (unpaired) electrons. The minimum atomic E-state index is -0.841. The average molecular weight is 624 g/mol. The number of carbonyl (C=O) groups is 2. The number of tetrazole rings is 1. The second-order valence-electron chi connectivity index (χ2n) is 13.3. The Morgan fingerprint density at radius 3 is 2.11 bits per heavy atom. The van der Waals surface area contributed by atoms with Crippen LogP contribution >= 0.6 is 0 Å². The van der Waals surface area contributed by atoms with E-state index < -0.39 is 5.41 Å². The molecule has 3 aromatic rings. The molecule has 0 bridgehead atoms. The van der Waals surface area contributed by atoms with Crippen LogP contribution < -0.4 is 5.32 Å². The summed E-state index contributed by atoms with van der Waals surface area (Å²) in [6.07, 6.45) is 2.75. The van der Waals surface area contributed by atoms with E-state index in [0.717, 1.165) is 34.4 Å². The van der Waals surface area contributed by atoms with Crippen LogP contribution in [0, 0.1) is 17.2 Å². The van der Waals surface area contributed by atoms with Gasteiger partial charge in [-0.3, -0.25) is 9.59 Å². The lowest BCUT2D eigenvalue weighted by atomic mass is 9.67. The Balaban J connectivity index is 1.59. The maximum absolute atomic E-state index is 13.0. The van der Waals surface area contributed by atoms with Crippen molar-refractivity contribution < 1.29 is 9.59 Å². The van der Waals surface area contributed by atoms with Crippen LogP contribution in [0.1, 0.15) is 82.4 Å². The molecule has 0 saturated carbocycles. The summed E-state index contributed by atoms with van der Waals surface area (Å²) in [5.74, 6) is 0.800. The molecule has 1 aliphatic heterocycles. The van der Waals surface area contributed by atoms with Crippen molar-refractivity contribution >= 4 is 11.8 Å². The Morgan fingerprint density at radius 1 is 1.07 bits per heavy atom. The molecule has 4 atom stereocenters. The summed E-state index contributed by atoms with van der Waals surface area (Å²) in [6, 6.07) is 14.3. The molecule has 0 spiro atoms. The molecule has 2 aliphatic rings. The molecular formula is C35H45N9O2. The van der Waals surface area contributed by atoms with E-state index >= 15 is 0 Å². The third kappa shape index (κ3) is 5.89. The van der Waals surface area contributed by atoms with Gasteiger partial charge in [0.15, 0.2) is 5.82 Å². The van der Waals surface area contributed by atoms with Crippen LogP contribution in [0.25, 0.3) is 0 Å². The first kappa shape index (κ1) is 32.8. The summed E-state index contributed by atoms with van der Waals surface area (Å²) in [5.41, 5.74) is 5.36. The number of aryl methyl sites for hydroxylation is 2. The van der Waals surface area contributed by atoms with E-state index in [-0.39, 0.29) is 29.9 Å². The van der Waals surface area contributed by atoms with Gasteiger partial charge in [0.25, 0.3) is 11.8 Å². The number of carbonyl (C=O) groups excluding carboxylic acids is 2. The highest BCUT2D eigenvalue weighted by atomic mass is 16.2. The van der Waals surface area contributed by atoms with Crippen LogP contribution in [0.15, 0.2) is 48.7 Å². The van der Waals surface area contributed by atoms with Gasteiger partial charge in [-0.15, -0.1) is 10.2 Å². The molecule has 11 nitrogen and oxygen atoms in total. The number of H-pyrrole nitrogens is 1. The standard InChI is InChI=1S/C35H45N9O2/c1-21-15-29(19-36)44(24(21)4)23(3)20-37-22(2)18-35(34-38-40-41-39-34)30-13-11-27(32(45)42(5)6)16-25(30)9-10-26-17-28(12-14-31(26)35)33(46)43(7)8/h11-14,16-17,21-22,24,29,37H,3,9-10,15,18,20H2,1-2,4-8H3,(H,38,39,40,41)/t21-,22-,24?,29?/m0/s1. The zero-order chi connectivity index (χ0) is 33.3. The Labute approximate surface area is 271 Å². The number of nitrogens with zero attached hydrogens (tertiary/aromatic N) is 7. The van der Waals surface area contributed by atoms with Crippen LogP contribution in [-0.2, 0) is 18.3 Å². The van der Waals surface area contributed by atoms with Gasteiger partial charge in [-0.25, -0.2) is 0 Å². The first-order valence-electron chi connectivity index (χ1n) is 15.9. The van der Waals surface area contributed by atoms with E-state index in [2.05, 4.69) is 64.3 Å². The smallest absolute Gasteiger partial charge is 0.253 e. The predicted molar refractivity (Wildman–Crippen MR) is 176 cm³/mol.